The molecule has 4 rings (SSSR count). The third-order valence-electron chi connectivity index (χ3n) is 6.46. The number of benzene rings is 2. The van der Waals surface area contributed by atoms with Gasteiger partial charge in [0.25, 0.3) is 0 Å². The first-order chi connectivity index (χ1) is 16.3. The summed E-state index contributed by atoms with van der Waals surface area (Å²) >= 11 is 6.21. The molecule has 1 heterocycles. The molecule has 3 aromatic rings. The number of phenols is 1. The molecule has 196 valence electrons. The molecule has 0 bridgehead atoms. The van der Waals surface area contributed by atoms with Crippen molar-refractivity contribution in [2.45, 2.75) is 58.0 Å². The number of methoxy groups -OCH3 is 1. The zero-order valence-electron chi connectivity index (χ0n) is 20.7. The van der Waals surface area contributed by atoms with Crippen LogP contribution in [0.2, 0.25) is 5.02 Å². The monoisotopic (exact) mass is 553 g/mol. The van der Waals surface area contributed by atoms with Crippen molar-refractivity contribution in [2.24, 2.45) is 11.7 Å². The van der Waals surface area contributed by atoms with Crippen LogP contribution in [-0.2, 0) is 0 Å². The summed E-state index contributed by atoms with van der Waals surface area (Å²) in [6, 6.07) is 9.57. The Labute approximate surface area is 229 Å². The van der Waals surface area contributed by atoms with Gasteiger partial charge in [0, 0.05) is 41.7 Å². The van der Waals surface area contributed by atoms with Crippen LogP contribution >= 0.6 is 36.4 Å². The van der Waals surface area contributed by atoms with Gasteiger partial charge in [-0.3, -0.25) is 9.78 Å². The Morgan fingerprint density at radius 2 is 1.89 bits per heavy atom. The van der Waals surface area contributed by atoms with Gasteiger partial charge in [-0.25, -0.2) is 0 Å². The average molecular weight is 555 g/mol. The Kier molecular flexibility index (Phi) is 10.7. The molecule has 0 unspecified atom stereocenters. The third-order valence-corrected chi connectivity index (χ3v) is 6.76. The standard InChI is InChI=1S/C27H32ClN3O3.2ClH/c1-15(2)10-24(32)21-14-30-23-9-4-16(19-12-22(28)25(33)13-26(19)34-3)11-20(23)27(21)31-18-7-5-17(29)6-8-18;;/h4,9,11-15,17-18,33H,5-8,10,29H2,1-3H3,(H,30,31);2*1H/t17-,18-;;. The summed E-state index contributed by atoms with van der Waals surface area (Å²) < 4.78 is 5.50. The minimum atomic E-state index is -0.0378. The SMILES string of the molecule is COc1cc(O)c(Cl)cc1-c1ccc2ncc(C(=O)CC(C)C)c(N[C@H]3CC[C@H](N)CC3)c2c1.Cl.Cl. The number of nitrogens with zero attached hydrogens (tertiary/aromatic N) is 1. The number of aromatic nitrogens is 1. The summed E-state index contributed by atoms with van der Waals surface area (Å²) in [5.74, 6) is 0.801. The Bertz CT molecular complexity index is 1210. The van der Waals surface area contributed by atoms with Gasteiger partial charge in [0.2, 0.25) is 0 Å². The number of nitrogens with one attached hydrogen (secondary N) is 1. The van der Waals surface area contributed by atoms with E-state index in [-0.39, 0.29) is 59.4 Å². The normalized spacial score (nSPS) is 17.3. The lowest BCUT2D eigenvalue weighted by atomic mass is 9.90. The molecule has 0 atom stereocenters. The molecule has 1 fully saturated rings. The first-order valence-corrected chi connectivity index (χ1v) is 12.2. The zero-order valence-corrected chi connectivity index (χ0v) is 23.1. The summed E-state index contributed by atoms with van der Waals surface area (Å²) in [4.78, 5) is 17.8. The van der Waals surface area contributed by atoms with E-state index in [1.165, 1.54) is 6.07 Å². The molecule has 2 aromatic carbocycles. The van der Waals surface area contributed by atoms with Crippen LogP contribution in [0.15, 0.2) is 36.5 Å². The summed E-state index contributed by atoms with van der Waals surface area (Å²) in [6.07, 6.45) is 6.00. The van der Waals surface area contributed by atoms with Crippen LogP contribution in [0.25, 0.3) is 22.0 Å². The van der Waals surface area contributed by atoms with Crippen molar-refractivity contribution in [1.29, 1.82) is 0 Å². The summed E-state index contributed by atoms with van der Waals surface area (Å²) in [6.45, 7) is 4.09. The maximum Gasteiger partial charge on any atom is 0.166 e. The lowest BCUT2D eigenvalue weighted by molar-refractivity contribution is 0.0968. The van der Waals surface area contributed by atoms with Gasteiger partial charge < -0.3 is 20.9 Å². The fourth-order valence-corrected chi connectivity index (χ4v) is 4.78. The fraction of sp³-hybridized carbons (Fsp3) is 0.407. The fourth-order valence-electron chi connectivity index (χ4n) is 4.61. The quantitative estimate of drug-likeness (QED) is 0.271. The third kappa shape index (κ3) is 6.54. The molecule has 4 N–H and O–H groups in total. The van der Waals surface area contributed by atoms with Crippen LogP contribution in [0.1, 0.15) is 56.3 Å². The number of aromatic hydroxyl groups is 1. The summed E-state index contributed by atoms with van der Waals surface area (Å²) in [5.41, 5.74) is 9.95. The summed E-state index contributed by atoms with van der Waals surface area (Å²) in [7, 11) is 1.55. The second kappa shape index (κ2) is 12.8. The van der Waals surface area contributed by atoms with Gasteiger partial charge in [-0.15, -0.1) is 24.8 Å². The number of hydrogen-bond acceptors (Lipinski definition) is 6. The van der Waals surface area contributed by atoms with Gasteiger partial charge in [0.05, 0.1) is 28.9 Å². The van der Waals surface area contributed by atoms with Crippen LogP contribution in [0, 0.1) is 5.92 Å². The predicted molar refractivity (Wildman–Crippen MR) is 153 cm³/mol. The molecule has 0 aliphatic heterocycles. The van der Waals surface area contributed by atoms with E-state index in [2.05, 4.69) is 10.3 Å². The van der Waals surface area contributed by atoms with Crippen LogP contribution in [-0.4, -0.2) is 35.1 Å². The molecular formula is C27H34Cl3N3O3. The van der Waals surface area contributed by atoms with E-state index < -0.39 is 0 Å². The molecule has 6 nitrogen and oxygen atoms in total. The number of carbonyl (C=O) groups is 1. The lowest BCUT2D eigenvalue weighted by Crippen LogP contribution is -2.33. The van der Waals surface area contributed by atoms with E-state index in [0.717, 1.165) is 53.4 Å². The second-order valence-corrected chi connectivity index (χ2v) is 9.97. The molecule has 1 aliphatic carbocycles. The predicted octanol–water partition coefficient (Wildman–Crippen LogP) is 7.02. The molecule has 36 heavy (non-hydrogen) atoms. The van der Waals surface area contributed by atoms with Crippen molar-refractivity contribution < 1.29 is 14.6 Å². The van der Waals surface area contributed by atoms with Crippen molar-refractivity contribution in [2.75, 3.05) is 12.4 Å². The smallest absolute Gasteiger partial charge is 0.166 e. The van der Waals surface area contributed by atoms with Gasteiger partial charge >= 0.3 is 0 Å². The van der Waals surface area contributed by atoms with Crippen molar-refractivity contribution in [1.82, 2.24) is 4.98 Å². The Morgan fingerprint density at radius 3 is 2.53 bits per heavy atom. The molecule has 0 amide bonds. The highest BCUT2D eigenvalue weighted by molar-refractivity contribution is 6.32. The minimum absolute atomic E-state index is 0. The van der Waals surface area contributed by atoms with Crippen LogP contribution < -0.4 is 15.8 Å². The Balaban J connectivity index is 0.00000228. The number of halogens is 3. The van der Waals surface area contributed by atoms with Gasteiger partial charge in [-0.05, 0) is 55.4 Å². The first-order valence-electron chi connectivity index (χ1n) is 11.8. The maximum atomic E-state index is 13.2. The zero-order chi connectivity index (χ0) is 24.4. The van der Waals surface area contributed by atoms with E-state index >= 15 is 0 Å². The molecule has 1 aromatic heterocycles. The van der Waals surface area contributed by atoms with Gasteiger partial charge in [-0.2, -0.15) is 0 Å². The van der Waals surface area contributed by atoms with Crippen LogP contribution in [0.3, 0.4) is 0 Å². The minimum Gasteiger partial charge on any atom is -0.506 e. The molecule has 0 spiro atoms. The lowest BCUT2D eigenvalue weighted by Gasteiger charge is -2.29. The second-order valence-electron chi connectivity index (χ2n) is 9.56. The van der Waals surface area contributed by atoms with Crippen molar-refractivity contribution in [3.05, 3.63) is 47.1 Å². The number of hydrogen-bond donors (Lipinski definition) is 3. The van der Waals surface area contributed by atoms with Crippen molar-refractivity contribution >= 4 is 58.8 Å². The van der Waals surface area contributed by atoms with E-state index in [4.69, 9.17) is 22.1 Å². The van der Waals surface area contributed by atoms with E-state index in [0.29, 0.717) is 17.7 Å². The molecule has 0 radical (unpaired) electrons. The number of fused-ring (bicyclic) bond motifs is 1. The number of ketones is 1. The van der Waals surface area contributed by atoms with E-state index in [1.54, 1.807) is 19.4 Å². The topological polar surface area (TPSA) is 97.5 Å². The highest BCUT2D eigenvalue weighted by Crippen LogP contribution is 2.40. The van der Waals surface area contributed by atoms with Crippen molar-refractivity contribution in [3.63, 3.8) is 0 Å². The van der Waals surface area contributed by atoms with E-state index in [1.807, 2.05) is 32.0 Å². The molecule has 0 saturated heterocycles. The number of nitrogens with two attached hydrogens (primary N) is 1. The number of anilines is 1. The molecule has 1 aliphatic rings. The molecular weight excluding hydrogens is 521 g/mol. The number of carbonyl (C=O) groups excluding carboxylic acids is 1. The van der Waals surface area contributed by atoms with E-state index in [9.17, 15) is 9.90 Å². The number of phenolic OH excluding ortho intramolecular Hbond substituents is 1. The van der Waals surface area contributed by atoms with Gasteiger partial charge in [0.15, 0.2) is 5.78 Å². The highest BCUT2D eigenvalue weighted by Gasteiger charge is 2.23. The van der Waals surface area contributed by atoms with Crippen LogP contribution in [0.4, 0.5) is 5.69 Å². The Morgan fingerprint density at radius 1 is 1.19 bits per heavy atom. The molecule has 9 heteroatoms. The van der Waals surface area contributed by atoms with Crippen molar-refractivity contribution in [3.8, 4) is 22.6 Å². The summed E-state index contributed by atoms with van der Waals surface area (Å²) in [5, 5.41) is 14.8. The number of ether oxygens (including phenoxy) is 1. The average Bonchev–Trinajstić information content (AvgIpc) is 2.81. The number of pyridine rings is 1. The number of Topliss-reactive ketones (excluding diaryl/α,β-unsaturated/α-hetero) is 1. The largest absolute Gasteiger partial charge is 0.506 e. The highest BCUT2D eigenvalue weighted by atomic mass is 35.5. The van der Waals surface area contributed by atoms with Gasteiger partial charge in [-0.1, -0.05) is 31.5 Å². The first kappa shape index (κ1) is 30.0. The molecule has 1 saturated carbocycles. The maximum absolute atomic E-state index is 13.2. The van der Waals surface area contributed by atoms with Crippen LogP contribution in [0.5, 0.6) is 11.5 Å². The number of rotatable bonds is 7. The van der Waals surface area contributed by atoms with Gasteiger partial charge in [0.1, 0.15) is 11.5 Å². The Hall–Kier alpha value is -2.25.